The van der Waals surface area contributed by atoms with Crippen LogP contribution in [0.2, 0.25) is 0 Å². The SMILES string of the molecule is Cn1ncc2c1Nc1ccccc1N(C(=O)C1CCCN1)C2. The summed E-state index contributed by atoms with van der Waals surface area (Å²) in [7, 11) is 1.91. The van der Waals surface area contributed by atoms with E-state index in [0.717, 1.165) is 42.1 Å². The van der Waals surface area contributed by atoms with Crippen LogP contribution in [0.1, 0.15) is 18.4 Å². The molecule has 6 heteroatoms. The number of hydrogen-bond donors (Lipinski definition) is 2. The van der Waals surface area contributed by atoms with Crippen molar-refractivity contribution in [1.82, 2.24) is 15.1 Å². The average molecular weight is 297 g/mol. The van der Waals surface area contributed by atoms with E-state index < -0.39 is 0 Å². The lowest BCUT2D eigenvalue weighted by molar-refractivity contribution is -0.120. The lowest BCUT2D eigenvalue weighted by atomic mass is 10.1. The van der Waals surface area contributed by atoms with Crippen molar-refractivity contribution in [3.8, 4) is 0 Å². The standard InChI is InChI=1S/C16H19N5O/c1-20-15-11(9-18-20)10-21(16(22)13-6-4-8-17-13)14-7-3-2-5-12(14)19-15/h2-3,5,7,9,13,17,19H,4,6,8,10H2,1H3. The molecule has 4 rings (SSSR count). The molecule has 0 bridgehead atoms. The number of para-hydroxylation sites is 2. The second-order valence-corrected chi connectivity index (χ2v) is 5.86. The summed E-state index contributed by atoms with van der Waals surface area (Å²) in [6.45, 7) is 1.46. The summed E-state index contributed by atoms with van der Waals surface area (Å²) >= 11 is 0. The molecule has 0 spiro atoms. The zero-order valence-corrected chi connectivity index (χ0v) is 12.5. The fraction of sp³-hybridized carbons (Fsp3) is 0.375. The Kier molecular flexibility index (Phi) is 3.11. The summed E-state index contributed by atoms with van der Waals surface area (Å²) in [5.74, 6) is 1.09. The summed E-state index contributed by atoms with van der Waals surface area (Å²) < 4.78 is 1.81. The summed E-state index contributed by atoms with van der Waals surface area (Å²) in [4.78, 5) is 14.8. The van der Waals surface area contributed by atoms with Crippen molar-refractivity contribution in [3.05, 3.63) is 36.0 Å². The first-order valence-corrected chi connectivity index (χ1v) is 7.66. The topological polar surface area (TPSA) is 62.2 Å². The molecule has 114 valence electrons. The van der Waals surface area contributed by atoms with Crippen molar-refractivity contribution in [1.29, 1.82) is 0 Å². The molecule has 1 amide bonds. The first-order valence-electron chi connectivity index (χ1n) is 7.66. The number of aromatic nitrogens is 2. The Morgan fingerprint density at radius 1 is 1.36 bits per heavy atom. The summed E-state index contributed by atoms with van der Waals surface area (Å²) in [5, 5.41) is 11.0. The van der Waals surface area contributed by atoms with Crippen LogP contribution >= 0.6 is 0 Å². The summed E-state index contributed by atoms with van der Waals surface area (Å²) in [6, 6.07) is 7.86. The Bertz CT molecular complexity index is 717. The number of carbonyl (C=O) groups excluding carboxylic acids is 1. The minimum Gasteiger partial charge on any atom is -0.338 e. The van der Waals surface area contributed by atoms with Gasteiger partial charge in [0.05, 0.1) is 30.2 Å². The van der Waals surface area contributed by atoms with Crippen LogP contribution in [-0.4, -0.2) is 28.3 Å². The molecule has 6 nitrogen and oxygen atoms in total. The minimum absolute atomic E-state index is 0.0775. The Hall–Kier alpha value is -2.34. The van der Waals surface area contributed by atoms with Gasteiger partial charge in [-0.1, -0.05) is 12.1 Å². The molecule has 2 N–H and O–H groups in total. The van der Waals surface area contributed by atoms with Gasteiger partial charge in [-0.15, -0.1) is 0 Å². The maximum Gasteiger partial charge on any atom is 0.244 e. The van der Waals surface area contributed by atoms with Crippen molar-refractivity contribution < 1.29 is 4.79 Å². The number of benzene rings is 1. The van der Waals surface area contributed by atoms with E-state index in [2.05, 4.69) is 15.7 Å². The van der Waals surface area contributed by atoms with E-state index in [1.807, 2.05) is 47.1 Å². The zero-order chi connectivity index (χ0) is 15.1. The van der Waals surface area contributed by atoms with Crippen LogP contribution in [0.4, 0.5) is 17.2 Å². The van der Waals surface area contributed by atoms with Crippen LogP contribution in [0.3, 0.4) is 0 Å². The molecule has 3 heterocycles. The van der Waals surface area contributed by atoms with Crippen LogP contribution in [0.5, 0.6) is 0 Å². The highest BCUT2D eigenvalue weighted by Crippen LogP contribution is 2.35. The van der Waals surface area contributed by atoms with E-state index in [9.17, 15) is 4.79 Å². The van der Waals surface area contributed by atoms with Crippen molar-refractivity contribution in [2.75, 3.05) is 16.8 Å². The number of amides is 1. The molecule has 1 aromatic heterocycles. The van der Waals surface area contributed by atoms with Gasteiger partial charge in [-0.3, -0.25) is 9.48 Å². The Morgan fingerprint density at radius 3 is 3.05 bits per heavy atom. The number of rotatable bonds is 1. The molecule has 0 radical (unpaired) electrons. The molecular formula is C16H19N5O. The smallest absolute Gasteiger partial charge is 0.244 e. The van der Waals surface area contributed by atoms with Crippen LogP contribution in [-0.2, 0) is 18.4 Å². The zero-order valence-electron chi connectivity index (χ0n) is 12.5. The minimum atomic E-state index is -0.0775. The van der Waals surface area contributed by atoms with Gasteiger partial charge in [-0.25, -0.2) is 0 Å². The van der Waals surface area contributed by atoms with Gasteiger partial charge in [0, 0.05) is 12.6 Å². The second-order valence-electron chi connectivity index (χ2n) is 5.86. The van der Waals surface area contributed by atoms with Gasteiger partial charge in [-0.2, -0.15) is 5.10 Å². The highest BCUT2D eigenvalue weighted by Gasteiger charge is 2.31. The van der Waals surface area contributed by atoms with Gasteiger partial charge in [-0.05, 0) is 31.5 Å². The molecule has 1 aromatic carbocycles. The molecule has 1 atom stereocenters. The Balaban J connectivity index is 1.78. The number of carbonyl (C=O) groups is 1. The van der Waals surface area contributed by atoms with Gasteiger partial charge >= 0.3 is 0 Å². The van der Waals surface area contributed by atoms with E-state index in [1.165, 1.54) is 0 Å². The van der Waals surface area contributed by atoms with Crippen LogP contribution in [0, 0.1) is 0 Å². The van der Waals surface area contributed by atoms with Crippen LogP contribution in [0.15, 0.2) is 30.5 Å². The molecule has 2 aliphatic rings. The van der Waals surface area contributed by atoms with Gasteiger partial charge < -0.3 is 15.5 Å². The highest BCUT2D eigenvalue weighted by atomic mass is 16.2. The monoisotopic (exact) mass is 297 g/mol. The van der Waals surface area contributed by atoms with Gasteiger partial charge in [0.1, 0.15) is 5.82 Å². The third-order valence-electron chi connectivity index (χ3n) is 4.42. The number of hydrogen-bond acceptors (Lipinski definition) is 4. The van der Waals surface area contributed by atoms with Crippen LogP contribution in [0.25, 0.3) is 0 Å². The van der Waals surface area contributed by atoms with Crippen LogP contribution < -0.4 is 15.5 Å². The highest BCUT2D eigenvalue weighted by molar-refractivity contribution is 6.01. The number of nitrogens with zero attached hydrogens (tertiary/aromatic N) is 3. The largest absolute Gasteiger partial charge is 0.338 e. The molecule has 2 aromatic rings. The Morgan fingerprint density at radius 2 is 2.23 bits per heavy atom. The number of nitrogens with one attached hydrogen (secondary N) is 2. The molecule has 2 aliphatic heterocycles. The lowest BCUT2D eigenvalue weighted by Gasteiger charge is -2.25. The van der Waals surface area contributed by atoms with E-state index in [0.29, 0.717) is 6.54 Å². The fourth-order valence-corrected chi connectivity index (χ4v) is 3.24. The summed E-state index contributed by atoms with van der Waals surface area (Å²) in [6.07, 6.45) is 3.80. The van der Waals surface area contributed by atoms with Gasteiger partial charge in [0.2, 0.25) is 5.91 Å². The molecule has 1 saturated heterocycles. The molecule has 0 aliphatic carbocycles. The summed E-state index contributed by atoms with van der Waals surface area (Å²) in [5.41, 5.74) is 2.90. The molecule has 1 unspecified atom stereocenters. The molecule has 1 fully saturated rings. The van der Waals surface area contributed by atoms with Gasteiger partial charge in [0.25, 0.3) is 0 Å². The predicted octanol–water partition coefficient (Wildman–Crippen LogP) is 1.76. The van der Waals surface area contributed by atoms with Crippen molar-refractivity contribution in [2.24, 2.45) is 7.05 Å². The second kappa shape index (κ2) is 5.14. The third kappa shape index (κ3) is 2.07. The number of aryl methyl sites for hydroxylation is 1. The van der Waals surface area contributed by atoms with Crippen molar-refractivity contribution in [2.45, 2.75) is 25.4 Å². The maximum absolute atomic E-state index is 12.9. The van der Waals surface area contributed by atoms with Gasteiger partial charge in [0.15, 0.2) is 0 Å². The van der Waals surface area contributed by atoms with Crippen molar-refractivity contribution in [3.63, 3.8) is 0 Å². The normalized spacial score (nSPS) is 20.0. The van der Waals surface area contributed by atoms with Crippen molar-refractivity contribution >= 4 is 23.1 Å². The molecule has 22 heavy (non-hydrogen) atoms. The maximum atomic E-state index is 12.9. The van der Waals surface area contributed by atoms with E-state index in [-0.39, 0.29) is 11.9 Å². The fourth-order valence-electron chi connectivity index (χ4n) is 3.24. The number of fused-ring (bicyclic) bond motifs is 2. The first-order chi connectivity index (χ1) is 10.7. The molecule has 0 saturated carbocycles. The van der Waals surface area contributed by atoms with E-state index in [1.54, 1.807) is 0 Å². The quantitative estimate of drug-likeness (QED) is 0.842. The predicted molar refractivity (Wildman–Crippen MR) is 85.1 cm³/mol. The first kappa shape index (κ1) is 13.3. The van der Waals surface area contributed by atoms with E-state index >= 15 is 0 Å². The number of anilines is 3. The van der Waals surface area contributed by atoms with E-state index in [4.69, 9.17) is 0 Å². The third-order valence-corrected chi connectivity index (χ3v) is 4.42. The lowest BCUT2D eigenvalue weighted by Crippen LogP contribution is -2.43. The average Bonchev–Trinajstić information content (AvgIpc) is 3.14. The molecular weight excluding hydrogens is 278 g/mol. The Labute approximate surface area is 129 Å².